The quantitative estimate of drug-likeness (QED) is 0.568. The van der Waals surface area contributed by atoms with E-state index in [-0.39, 0.29) is 0 Å². The maximum atomic E-state index is 6.03. The molecule has 0 radical (unpaired) electrons. The fourth-order valence-corrected chi connectivity index (χ4v) is 3.50. The fraction of sp³-hybridized carbons (Fsp3) is 1.00. The van der Waals surface area contributed by atoms with Crippen LogP contribution in [0.25, 0.3) is 0 Å². The van der Waals surface area contributed by atoms with Gasteiger partial charge in [0.1, 0.15) is 0 Å². The molecular weight excluding hydrogens is 134 g/mol. The molecule has 0 unspecified atom stereocenters. The van der Waals surface area contributed by atoms with Gasteiger partial charge in [0.15, 0.2) is 0 Å². The third-order valence-electron chi connectivity index (χ3n) is 3.70. The Morgan fingerprint density at radius 3 is 2.00 bits per heavy atom. The standard InChI is InChI=1S/C10H19N/c1-9-3-4-10(2,7-9)6-8(11)5-9/h8H,3-7,11H2,1-2H3/t8-,9-,10+. The predicted molar refractivity (Wildman–Crippen MR) is 47.3 cm³/mol. The average Bonchev–Trinajstić information content (AvgIpc) is 2.01. The molecule has 0 saturated heterocycles. The van der Waals surface area contributed by atoms with Crippen molar-refractivity contribution < 1.29 is 0 Å². The van der Waals surface area contributed by atoms with Crippen molar-refractivity contribution in [3.63, 3.8) is 0 Å². The third-order valence-corrected chi connectivity index (χ3v) is 3.70. The van der Waals surface area contributed by atoms with Crippen LogP contribution in [0.15, 0.2) is 0 Å². The highest BCUT2D eigenvalue weighted by molar-refractivity contribution is 5.00. The highest BCUT2D eigenvalue weighted by Crippen LogP contribution is 2.57. The van der Waals surface area contributed by atoms with Crippen molar-refractivity contribution in [2.45, 2.75) is 52.0 Å². The molecule has 0 aromatic heterocycles. The molecule has 2 saturated carbocycles. The van der Waals surface area contributed by atoms with E-state index < -0.39 is 0 Å². The first-order valence-corrected chi connectivity index (χ1v) is 4.77. The Morgan fingerprint density at radius 1 is 1.09 bits per heavy atom. The van der Waals surface area contributed by atoms with Gasteiger partial charge >= 0.3 is 0 Å². The summed E-state index contributed by atoms with van der Waals surface area (Å²) in [6.07, 6.45) is 6.79. The number of hydrogen-bond acceptors (Lipinski definition) is 1. The topological polar surface area (TPSA) is 26.0 Å². The molecule has 2 bridgehead atoms. The molecule has 0 spiro atoms. The van der Waals surface area contributed by atoms with Crippen LogP contribution < -0.4 is 5.73 Å². The zero-order valence-electron chi connectivity index (χ0n) is 7.69. The molecule has 2 rings (SSSR count). The van der Waals surface area contributed by atoms with Crippen LogP contribution in [0.1, 0.15) is 46.0 Å². The molecule has 11 heavy (non-hydrogen) atoms. The van der Waals surface area contributed by atoms with Crippen molar-refractivity contribution in [2.75, 3.05) is 0 Å². The number of hydrogen-bond donors (Lipinski definition) is 1. The number of nitrogens with two attached hydrogens (primary N) is 1. The highest BCUT2D eigenvalue weighted by Gasteiger charge is 2.47. The van der Waals surface area contributed by atoms with E-state index in [9.17, 15) is 0 Å². The smallest absolute Gasteiger partial charge is 0.00492 e. The molecule has 0 amide bonds. The minimum Gasteiger partial charge on any atom is -0.328 e. The van der Waals surface area contributed by atoms with E-state index in [4.69, 9.17) is 5.73 Å². The molecular formula is C10H19N. The van der Waals surface area contributed by atoms with Crippen LogP contribution in [-0.2, 0) is 0 Å². The molecule has 1 nitrogen and oxygen atoms in total. The van der Waals surface area contributed by atoms with Crippen LogP contribution >= 0.6 is 0 Å². The Kier molecular flexibility index (Phi) is 1.39. The van der Waals surface area contributed by atoms with Gasteiger partial charge in [0.05, 0.1) is 0 Å². The highest BCUT2D eigenvalue weighted by atomic mass is 14.7. The predicted octanol–water partition coefficient (Wildman–Crippen LogP) is 2.30. The summed E-state index contributed by atoms with van der Waals surface area (Å²) in [4.78, 5) is 0. The van der Waals surface area contributed by atoms with E-state index in [2.05, 4.69) is 13.8 Å². The average molecular weight is 153 g/mol. The van der Waals surface area contributed by atoms with Crippen LogP contribution in [0.2, 0.25) is 0 Å². The molecule has 2 aliphatic carbocycles. The monoisotopic (exact) mass is 153 g/mol. The summed E-state index contributed by atoms with van der Waals surface area (Å²) in [5, 5.41) is 0. The SMILES string of the molecule is C[C@]12CC[C@](C)(C[C@@H](N)C1)C2. The van der Waals surface area contributed by atoms with Gasteiger partial charge in [0, 0.05) is 6.04 Å². The summed E-state index contributed by atoms with van der Waals surface area (Å²) >= 11 is 0. The van der Waals surface area contributed by atoms with Crippen molar-refractivity contribution in [3.05, 3.63) is 0 Å². The summed E-state index contributed by atoms with van der Waals surface area (Å²) in [6, 6.07) is 0.487. The van der Waals surface area contributed by atoms with E-state index in [0.717, 1.165) is 0 Å². The van der Waals surface area contributed by atoms with Crippen molar-refractivity contribution in [1.82, 2.24) is 0 Å². The van der Waals surface area contributed by atoms with Gasteiger partial charge in [-0.15, -0.1) is 0 Å². The van der Waals surface area contributed by atoms with E-state index >= 15 is 0 Å². The first-order chi connectivity index (χ1) is 5.02. The first-order valence-electron chi connectivity index (χ1n) is 4.77. The molecule has 0 aromatic rings. The van der Waals surface area contributed by atoms with E-state index in [1.54, 1.807) is 0 Å². The van der Waals surface area contributed by atoms with Crippen molar-refractivity contribution in [3.8, 4) is 0 Å². The van der Waals surface area contributed by atoms with Crippen LogP contribution in [0.3, 0.4) is 0 Å². The molecule has 2 aliphatic rings. The normalized spacial score (nSPS) is 56.5. The lowest BCUT2D eigenvalue weighted by molar-refractivity contribution is 0.151. The Hall–Kier alpha value is -0.0400. The van der Waals surface area contributed by atoms with Gasteiger partial charge in [-0.2, -0.15) is 0 Å². The van der Waals surface area contributed by atoms with Gasteiger partial charge in [0.2, 0.25) is 0 Å². The van der Waals surface area contributed by atoms with Crippen LogP contribution in [0, 0.1) is 10.8 Å². The van der Waals surface area contributed by atoms with Crippen molar-refractivity contribution in [1.29, 1.82) is 0 Å². The zero-order chi connectivity index (χ0) is 8.11. The zero-order valence-corrected chi connectivity index (χ0v) is 7.69. The lowest BCUT2D eigenvalue weighted by atomic mass is 9.69. The molecule has 0 aliphatic heterocycles. The van der Waals surface area contributed by atoms with Gasteiger partial charge in [-0.1, -0.05) is 13.8 Å². The van der Waals surface area contributed by atoms with E-state index in [0.29, 0.717) is 16.9 Å². The number of rotatable bonds is 0. The van der Waals surface area contributed by atoms with Crippen molar-refractivity contribution >= 4 is 0 Å². The van der Waals surface area contributed by atoms with Gasteiger partial charge in [-0.3, -0.25) is 0 Å². The Labute approximate surface area is 69.4 Å². The molecule has 0 aromatic carbocycles. The van der Waals surface area contributed by atoms with Crippen LogP contribution in [0.4, 0.5) is 0 Å². The Bertz CT molecular complexity index is 160. The second-order valence-corrected chi connectivity index (χ2v) is 5.47. The van der Waals surface area contributed by atoms with Crippen LogP contribution in [-0.4, -0.2) is 6.04 Å². The summed E-state index contributed by atoms with van der Waals surface area (Å²) in [5.74, 6) is 0. The van der Waals surface area contributed by atoms with Gasteiger partial charge in [-0.25, -0.2) is 0 Å². The summed E-state index contributed by atoms with van der Waals surface area (Å²) in [7, 11) is 0. The van der Waals surface area contributed by atoms with Gasteiger partial charge in [0.25, 0.3) is 0 Å². The molecule has 2 fully saturated rings. The second kappa shape index (κ2) is 2.01. The second-order valence-electron chi connectivity index (χ2n) is 5.47. The molecule has 0 heterocycles. The minimum absolute atomic E-state index is 0.487. The van der Waals surface area contributed by atoms with Crippen LogP contribution in [0.5, 0.6) is 0 Å². The Balaban J connectivity index is 2.21. The Morgan fingerprint density at radius 2 is 1.55 bits per heavy atom. The molecule has 1 heteroatoms. The summed E-state index contributed by atoms with van der Waals surface area (Å²) in [6.45, 7) is 4.83. The summed E-state index contributed by atoms with van der Waals surface area (Å²) < 4.78 is 0. The van der Waals surface area contributed by atoms with Gasteiger partial charge < -0.3 is 5.73 Å². The number of fused-ring (bicyclic) bond motifs is 2. The lowest BCUT2D eigenvalue weighted by Crippen LogP contribution is -2.37. The molecule has 2 N–H and O–H groups in total. The largest absolute Gasteiger partial charge is 0.328 e. The maximum Gasteiger partial charge on any atom is 0.00492 e. The summed E-state index contributed by atoms with van der Waals surface area (Å²) in [5.41, 5.74) is 7.23. The van der Waals surface area contributed by atoms with E-state index in [1.165, 1.54) is 32.1 Å². The maximum absolute atomic E-state index is 6.03. The molecule has 3 atom stereocenters. The van der Waals surface area contributed by atoms with E-state index in [1.807, 2.05) is 0 Å². The first kappa shape index (κ1) is 7.60. The van der Waals surface area contributed by atoms with Gasteiger partial charge in [-0.05, 0) is 42.9 Å². The lowest BCUT2D eigenvalue weighted by Gasteiger charge is -2.38. The van der Waals surface area contributed by atoms with Crippen molar-refractivity contribution in [2.24, 2.45) is 16.6 Å². The molecule has 64 valence electrons. The minimum atomic E-state index is 0.487. The fourth-order valence-electron chi connectivity index (χ4n) is 3.50. The third kappa shape index (κ3) is 1.20.